The first-order chi connectivity index (χ1) is 18.0. The number of nitrogens with zero attached hydrogens (tertiary/aromatic N) is 1. The SMILES string of the molecule is C=C(C)C(=O)OCC(O)COC(=O)c1ccc2c(c1)C(O)=C(c1nc3ccc(C(C)C)cc3cc1O)C2=O. The van der Waals surface area contributed by atoms with Gasteiger partial charge in [-0.15, -0.1) is 0 Å². The van der Waals surface area contributed by atoms with Crippen molar-refractivity contribution in [2.45, 2.75) is 32.8 Å². The summed E-state index contributed by atoms with van der Waals surface area (Å²) in [6.45, 7) is 8.16. The molecule has 9 nitrogen and oxygen atoms in total. The van der Waals surface area contributed by atoms with Crippen molar-refractivity contribution in [1.29, 1.82) is 0 Å². The van der Waals surface area contributed by atoms with Gasteiger partial charge in [0.05, 0.1) is 16.7 Å². The molecule has 9 heteroatoms. The number of fused-ring (bicyclic) bond motifs is 2. The van der Waals surface area contributed by atoms with Crippen LogP contribution in [0, 0.1) is 0 Å². The summed E-state index contributed by atoms with van der Waals surface area (Å²) >= 11 is 0. The van der Waals surface area contributed by atoms with E-state index < -0.39 is 36.2 Å². The number of Topliss-reactive ketones (excluding diaryl/α,β-unsaturated/α-hetero) is 1. The largest absolute Gasteiger partial charge is 0.506 e. The molecule has 196 valence electrons. The van der Waals surface area contributed by atoms with E-state index >= 15 is 0 Å². The number of aliphatic hydroxyl groups is 2. The zero-order valence-corrected chi connectivity index (χ0v) is 21.1. The molecule has 4 rings (SSSR count). The minimum Gasteiger partial charge on any atom is -0.506 e. The number of carbonyl (C=O) groups excluding carboxylic acids is 3. The van der Waals surface area contributed by atoms with Gasteiger partial charge in [-0.3, -0.25) is 4.79 Å². The second-order valence-corrected chi connectivity index (χ2v) is 9.41. The van der Waals surface area contributed by atoms with Crippen LogP contribution in [0.5, 0.6) is 5.75 Å². The van der Waals surface area contributed by atoms with E-state index in [1.54, 1.807) is 6.07 Å². The average molecular weight is 518 g/mol. The van der Waals surface area contributed by atoms with E-state index in [1.807, 2.05) is 26.0 Å². The molecule has 1 aromatic heterocycles. The van der Waals surface area contributed by atoms with Crippen molar-refractivity contribution in [1.82, 2.24) is 4.98 Å². The standard InChI is InChI=1S/C29H27NO8/c1-14(2)16-6-8-22-18(9-16)11-23(32)25(30-22)24-26(33)20-7-5-17(10-21(20)27(24)34)29(36)38-13-19(31)12-37-28(35)15(3)4/h5-11,14,19,31-32,34H,3,12-13H2,1-2,4H3. The molecular formula is C29H27NO8. The fraction of sp³-hybridized carbons (Fsp3) is 0.241. The third-order valence-corrected chi connectivity index (χ3v) is 6.10. The average Bonchev–Trinajstić information content (AvgIpc) is 3.13. The number of hydrogen-bond acceptors (Lipinski definition) is 9. The molecule has 1 aliphatic rings. The van der Waals surface area contributed by atoms with Crippen molar-refractivity contribution in [3.8, 4) is 5.75 Å². The molecule has 0 amide bonds. The monoisotopic (exact) mass is 517 g/mol. The molecule has 1 heterocycles. The van der Waals surface area contributed by atoms with Crippen molar-refractivity contribution in [2.24, 2.45) is 0 Å². The fourth-order valence-corrected chi connectivity index (χ4v) is 3.99. The van der Waals surface area contributed by atoms with E-state index in [2.05, 4.69) is 11.6 Å². The zero-order valence-electron chi connectivity index (χ0n) is 21.1. The summed E-state index contributed by atoms with van der Waals surface area (Å²) in [4.78, 5) is 41.5. The minimum atomic E-state index is -1.25. The Morgan fingerprint density at radius 1 is 1.00 bits per heavy atom. The van der Waals surface area contributed by atoms with Crippen LogP contribution in [0.3, 0.4) is 0 Å². The highest BCUT2D eigenvalue weighted by atomic mass is 16.6. The molecule has 3 N–H and O–H groups in total. The molecule has 0 saturated carbocycles. The van der Waals surface area contributed by atoms with Crippen LogP contribution < -0.4 is 0 Å². The predicted octanol–water partition coefficient (Wildman–Crippen LogP) is 4.32. The lowest BCUT2D eigenvalue weighted by Gasteiger charge is -2.12. The first-order valence-corrected chi connectivity index (χ1v) is 11.9. The lowest BCUT2D eigenvalue weighted by molar-refractivity contribution is -0.142. The summed E-state index contributed by atoms with van der Waals surface area (Å²) in [5, 5.41) is 32.2. The van der Waals surface area contributed by atoms with Crippen molar-refractivity contribution in [2.75, 3.05) is 13.2 Å². The molecule has 0 aliphatic heterocycles. The number of pyridine rings is 1. The van der Waals surface area contributed by atoms with Crippen LogP contribution in [0.25, 0.3) is 22.2 Å². The van der Waals surface area contributed by atoms with E-state index in [0.717, 1.165) is 5.56 Å². The number of aromatic hydroxyl groups is 1. The van der Waals surface area contributed by atoms with Crippen LogP contribution in [0.15, 0.2) is 54.6 Å². The summed E-state index contributed by atoms with van der Waals surface area (Å²) in [7, 11) is 0. The van der Waals surface area contributed by atoms with E-state index in [1.165, 1.54) is 31.2 Å². The van der Waals surface area contributed by atoms with E-state index in [4.69, 9.17) is 9.47 Å². The van der Waals surface area contributed by atoms with Crippen molar-refractivity contribution in [3.63, 3.8) is 0 Å². The third-order valence-electron chi connectivity index (χ3n) is 6.10. The number of benzene rings is 2. The highest BCUT2D eigenvalue weighted by Gasteiger charge is 2.34. The van der Waals surface area contributed by atoms with Crippen LogP contribution in [0.1, 0.15) is 64.2 Å². The molecule has 0 fully saturated rings. The Hall–Kier alpha value is -4.50. The number of aromatic nitrogens is 1. The van der Waals surface area contributed by atoms with E-state index in [9.17, 15) is 29.7 Å². The Kier molecular flexibility index (Phi) is 7.32. The van der Waals surface area contributed by atoms with Gasteiger partial charge in [-0.2, -0.15) is 0 Å². The van der Waals surface area contributed by atoms with Crippen LogP contribution in [0.4, 0.5) is 0 Å². The lowest BCUT2D eigenvalue weighted by atomic mass is 9.99. The number of esters is 2. The molecule has 3 aromatic rings. The lowest BCUT2D eigenvalue weighted by Crippen LogP contribution is -2.25. The molecule has 38 heavy (non-hydrogen) atoms. The quantitative estimate of drug-likeness (QED) is 0.294. The highest BCUT2D eigenvalue weighted by Crippen LogP contribution is 2.40. The normalized spacial score (nSPS) is 13.6. The number of rotatable bonds is 8. The van der Waals surface area contributed by atoms with Gasteiger partial charge < -0.3 is 24.8 Å². The smallest absolute Gasteiger partial charge is 0.338 e. The van der Waals surface area contributed by atoms with Gasteiger partial charge in [0.1, 0.15) is 36.5 Å². The minimum absolute atomic E-state index is 0.0207. The number of hydrogen-bond donors (Lipinski definition) is 3. The van der Waals surface area contributed by atoms with Crippen LogP contribution in [-0.2, 0) is 14.3 Å². The topological polar surface area (TPSA) is 143 Å². The van der Waals surface area contributed by atoms with Gasteiger partial charge in [-0.1, -0.05) is 26.5 Å². The predicted molar refractivity (Wildman–Crippen MR) is 140 cm³/mol. The van der Waals surface area contributed by atoms with Crippen LogP contribution >= 0.6 is 0 Å². The number of ketones is 1. The molecule has 0 saturated heterocycles. The molecule has 1 unspecified atom stereocenters. The maximum Gasteiger partial charge on any atom is 0.338 e. The number of aliphatic hydroxyl groups excluding tert-OH is 2. The van der Waals surface area contributed by atoms with Crippen molar-refractivity contribution < 1.29 is 39.2 Å². The molecule has 0 spiro atoms. The molecule has 1 atom stereocenters. The maximum atomic E-state index is 13.1. The Bertz CT molecular complexity index is 1520. The second kappa shape index (κ2) is 10.5. The molecule has 2 aromatic carbocycles. The van der Waals surface area contributed by atoms with Crippen molar-refractivity contribution in [3.05, 3.63) is 82.6 Å². The summed E-state index contributed by atoms with van der Waals surface area (Å²) in [6.07, 6.45) is -1.25. The Labute approximate surface area is 218 Å². The van der Waals surface area contributed by atoms with Gasteiger partial charge in [-0.25, -0.2) is 14.6 Å². The molecule has 0 radical (unpaired) electrons. The van der Waals surface area contributed by atoms with E-state index in [-0.39, 0.29) is 51.8 Å². The van der Waals surface area contributed by atoms with Gasteiger partial charge in [0, 0.05) is 22.1 Å². The van der Waals surface area contributed by atoms with E-state index in [0.29, 0.717) is 10.9 Å². The Morgan fingerprint density at radius 3 is 2.39 bits per heavy atom. The zero-order chi connectivity index (χ0) is 27.7. The first kappa shape index (κ1) is 26.6. The summed E-state index contributed by atoms with van der Waals surface area (Å²) in [6, 6.07) is 11.1. The molecule has 0 bridgehead atoms. The van der Waals surface area contributed by atoms with Crippen LogP contribution in [0.2, 0.25) is 0 Å². The van der Waals surface area contributed by atoms with Gasteiger partial charge in [0.2, 0.25) is 0 Å². The van der Waals surface area contributed by atoms with Crippen LogP contribution in [-0.4, -0.2) is 57.3 Å². The van der Waals surface area contributed by atoms with Gasteiger partial charge in [0.15, 0.2) is 5.78 Å². The highest BCUT2D eigenvalue weighted by molar-refractivity contribution is 6.39. The second-order valence-electron chi connectivity index (χ2n) is 9.41. The molecule has 1 aliphatic carbocycles. The summed E-state index contributed by atoms with van der Waals surface area (Å²) in [5.74, 6) is -2.45. The molecular weight excluding hydrogens is 490 g/mol. The maximum absolute atomic E-state index is 13.1. The first-order valence-electron chi connectivity index (χ1n) is 11.9. The van der Waals surface area contributed by atoms with Gasteiger partial charge in [-0.05, 0) is 54.8 Å². The fourth-order valence-electron chi connectivity index (χ4n) is 3.99. The Balaban J connectivity index is 1.56. The third kappa shape index (κ3) is 5.14. The Morgan fingerprint density at radius 2 is 1.71 bits per heavy atom. The summed E-state index contributed by atoms with van der Waals surface area (Å²) in [5.41, 5.74) is 1.79. The van der Waals surface area contributed by atoms with Gasteiger partial charge in [0.25, 0.3) is 0 Å². The number of allylic oxidation sites excluding steroid dienone is 1. The number of carbonyl (C=O) groups is 3. The summed E-state index contributed by atoms with van der Waals surface area (Å²) < 4.78 is 9.89. The van der Waals surface area contributed by atoms with Crippen molar-refractivity contribution >= 4 is 40.0 Å². The van der Waals surface area contributed by atoms with Gasteiger partial charge >= 0.3 is 11.9 Å². The number of ether oxygens (including phenoxy) is 2.